The molecule has 24 valence electrons. The summed E-state index contributed by atoms with van der Waals surface area (Å²) < 4.78 is 0. The summed E-state index contributed by atoms with van der Waals surface area (Å²) in [6.45, 7) is 0. The third kappa shape index (κ3) is 0.460. The molecule has 0 saturated carbocycles. The van der Waals surface area contributed by atoms with E-state index in [9.17, 15) is 0 Å². The Morgan fingerprint density at radius 1 is 1.20 bits per heavy atom. The van der Waals surface area contributed by atoms with E-state index in [1.54, 1.807) is 11.8 Å². The van der Waals surface area contributed by atoms with Crippen molar-refractivity contribution < 1.29 is 0 Å². The number of hydrogen-bond donors (Lipinski definition) is 0. The van der Waals surface area contributed by atoms with E-state index in [4.69, 9.17) is 0 Å². The van der Waals surface area contributed by atoms with Gasteiger partial charge in [0, 0.05) is 10.8 Å². The van der Waals surface area contributed by atoms with Crippen LogP contribution in [0.5, 0.6) is 0 Å². The van der Waals surface area contributed by atoms with Gasteiger partial charge >= 0.3 is 0 Å². The Kier molecular flexibility index (Phi) is 0.679. The van der Waals surface area contributed by atoms with Gasteiger partial charge in [-0.1, -0.05) is 23.2 Å². The second-order valence-corrected chi connectivity index (χ2v) is 1.40. The van der Waals surface area contributed by atoms with Crippen LogP contribution >= 0.6 is 11.8 Å². The minimum atomic E-state index is 1.60. The molecule has 0 bridgehead atoms. The molecule has 5 heavy (non-hydrogen) atoms. The number of thioether (sulfide) groups is 1. The van der Waals surface area contributed by atoms with Crippen LogP contribution in [0.15, 0.2) is 22.3 Å². The van der Waals surface area contributed by atoms with E-state index in [0.29, 0.717) is 0 Å². The summed E-state index contributed by atoms with van der Waals surface area (Å²) in [5.41, 5.74) is 5.51. The smallest absolute Gasteiger partial charge is 0.0263 e. The molecule has 0 N–H and O–H groups in total. The highest BCUT2D eigenvalue weighted by Gasteiger charge is 1.66. The molecule has 1 heteroatoms. The van der Waals surface area contributed by atoms with Gasteiger partial charge in [-0.2, -0.15) is 0 Å². The van der Waals surface area contributed by atoms with E-state index >= 15 is 0 Å². The Balaban J connectivity index is 3.17. The Morgan fingerprint density at radius 3 is 2.00 bits per heavy atom. The third-order valence-corrected chi connectivity index (χ3v) is 0.845. The molecule has 1 aliphatic rings. The van der Waals surface area contributed by atoms with Crippen molar-refractivity contribution in [2.75, 3.05) is 0 Å². The van der Waals surface area contributed by atoms with Crippen molar-refractivity contribution >= 4 is 11.8 Å². The lowest BCUT2D eigenvalue weighted by molar-refractivity contribution is 2.37. The highest BCUT2D eigenvalue weighted by Crippen LogP contribution is 2.03. The van der Waals surface area contributed by atoms with Gasteiger partial charge in [0.25, 0.3) is 0 Å². The van der Waals surface area contributed by atoms with Crippen LogP contribution in [0.4, 0.5) is 0 Å². The predicted octanol–water partition coefficient (Wildman–Crippen LogP) is 1.51. The van der Waals surface area contributed by atoms with Crippen molar-refractivity contribution in [1.82, 2.24) is 0 Å². The minimum absolute atomic E-state index is 1.60. The van der Waals surface area contributed by atoms with Gasteiger partial charge in [0.2, 0.25) is 0 Å². The maximum atomic E-state index is 2.75. The number of rotatable bonds is 0. The largest absolute Gasteiger partial charge is 0.0878 e. The summed E-state index contributed by atoms with van der Waals surface area (Å²) in [7, 11) is 0. The van der Waals surface area contributed by atoms with Crippen molar-refractivity contribution in [3.05, 3.63) is 22.3 Å². The predicted molar refractivity (Wildman–Crippen MR) is 23.8 cm³/mol. The maximum Gasteiger partial charge on any atom is 0.0263 e. The van der Waals surface area contributed by atoms with E-state index in [0.717, 1.165) is 0 Å². The van der Waals surface area contributed by atoms with Crippen LogP contribution in [0.25, 0.3) is 0 Å². The second kappa shape index (κ2) is 1.19. The quantitative estimate of drug-likeness (QED) is 0.399. The van der Waals surface area contributed by atoms with Gasteiger partial charge in [0.15, 0.2) is 0 Å². The third-order valence-electron chi connectivity index (χ3n) is 0.337. The second-order valence-electron chi connectivity index (χ2n) is 0.660. The van der Waals surface area contributed by atoms with E-state index in [2.05, 4.69) is 11.5 Å². The highest BCUT2D eigenvalue weighted by atomic mass is 32.2. The van der Waals surface area contributed by atoms with Crippen molar-refractivity contribution in [2.24, 2.45) is 0 Å². The van der Waals surface area contributed by atoms with Crippen LogP contribution in [0, 0.1) is 0 Å². The van der Waals surface area contributed by atoms with Gasteiger partial charge in [-0.15, -0.1) is 0 Å². The lowest BCUT2D eigenvalue weighted by Crippen LogP contribution is -1.18. The molecule has 1 heterocycles. The van der Waals surface area contributed by atoms with Gasteiger partial charge in [-0.25, -0.2) is 0 Å². The van der Waals surface area contributed by atoms with Gasteiger partial charge < -0.3 is 0 Å². The first-order valence-electron chi connectivity index (χ1n) is 1.30. The van der Waals surface area contributed by atoms with Crippen molar-refractivity contribution in [3.63, 3.8) is 0 Å². The SMILES string of the molecule is C1=C=CSC=1. The molecule has 1 rings (SSSR count). The van der Waals surface area contributed by atoms with Gasteiger partial charge in [-0.05, 0) is 0 Å². The minimum Gasteiger partial charge on any atom is -0.0878 e. The van der Waals surface area contributed by atoms with Crippen LogP contribution in [-0.4, -0.2) is 0 Å². The summed E-state index contributed by atoms with van der Waals surface area (Å²) in [6.07, 6.45) is 0. The summed E-state index contributed by atoms with van der Waals surface area (Å²) in [5, 5.41) is 3.72. The normalized spacial score (nSPS) is 14.4. The van der Waals surface area contributed by atoms with Crippen LogP contribution in [0.3, 0.4) is 0 Å². The molecule has 0 unspecified atom stereocenters. The number of hydrogen-bond acceptors (Lipinski definition) is 1. The summed E-state index contributed by atoms with van der Waals surface area (Å²) >= 11 is 1.60. The molecule has 0 atom stereocenters. The van der Waals surface area contributed by atoms with Crippen LogP contribution in [-0.2, 0) is 0 Å². The van der Waals surface area contributed by atoms with Crippen molar-refractivity contribution in [3.8, 4) is 0 Å². The van der Waals surface area contributed by atoms with Crippen molar-refractivity contribution in [1.29, 1.82) is 0 Å². The average Bonchev–Trinajstić information content (AvgIpc) is 1.76. The lowest BCUT2D eigenvalue weighted by atomic mass is 10.9. The van der Waals surface area contributed by atoms with Crippen LogP contribution in [0.2, 0.25) is 0 Å². The van der Waals surface area contributed by atoms with E-state index < -0.39 is 0 Å². The standard InChI is InChI=1S/C4H2S/c1-2-4-5-3-1/h3-4H. The summed E-state index contributed by atoms with van der Waals surface area (Å²) in [5.74, 6) is 0. The monoisotopic (exact) mass is 82.0 g/mol. The Hall–Kier alpha value is -0.350. The summed E-state index contributed by atoms with van der Waals surface area (Å²) in [6, 6.07) is 0. The fraction of sp³-hybridized carbons (Fsp3) is 0. The summed E-state index contributed by atoms with van der Waals surface area (Å²) in [4.78, 5) is 0. The topological polar surface area (TPSA) is 0 Å². The molecule has 1 aliphatic heterocycles. The Bertz CT molecular complexity index is 97.6. The van der Waals surface area contributed by atoms with Crippen molar-refractivity contribution in [2.45, 2.75) is 0 Å². The highest BCUT2D eigenvalue weighted by molar-refractivity contribution is 8.05. The zero-order valence-corrected chi connectivity index (χ0v) is 3.38. The first-order chi connectivity index (χ1) is 2.50. The zero-order chi connectivity index (χ0) is 3.54. The molecular weight excluding hydrogens is 80.1 g/mol. The van der Waals surface area contributed by atoms with Gasteiger partial charge in [0.05, 0.1) is 0 Å². The molecule has 0 aromatic heterocycles. The molecule has 0 radical (unpaired) electrons. The molecule has 0 fully saturated rings. The molecule has 0 saturated heterocycles. The molecule has 0 aliphatic carbocycles. The van der Waals surface area contributed by atoms with Gasteiger partial charge in [-0.3, -0.25) is 0 Å². The van der Waals surface area contributed by atoms with Crippen LogP contribution < -0.4 is 0 Å². The average molecular weight is 82.1 g/mol. The first-order valence-corrected chi connectivity index (χ1v) is 2.24. The first kappa shape index (κ1) is 2.87. The molecule has 0 aromatic rings. The zero-order valence-electron chi connectivity index (χ0n) is 2.56. The fourth-order valence-corrected chi connectivity index (χ4v) is 0.510. The van der Waals surface area contributed by atoms with E-state index in [1.165, 1.54) is 0 Å². The Labute approximate surface area is 34.9 Å². The molecule has 0 spiro atoms. The lowest BCUT2D eigenvalue weighted by Gasteiger charge is -1.56. The Morgan fingerprint density at radius 2 is 1.80 bits per heavy atom. The van der Waals surface area contributed by atoms with Gasteiger partial charge in [0.1, 0.15) is 0 Å². The fourth-order valence-electron chi connectivity index (χ4n) is 0.170. The van der Waals surface area contributed by atoms with E-state index in [-0.39, 0.29) is 0 Å². The van der Waals surface area contributed by atoms with E-state index in [1.807, 2.05) is 10.8 Å². The molecule has 0 nitrogen and oxygen atoms in total. The van der Waals surface area contributed by atoms with Crippen LogP contribution in [0.1, 0.15) is 0 Å². The molecular formula is C4H2S. The maximum absolute atomic E-state index is 2.75. The molecule has 0 amide bonds. The molecule has 0 aromatic carbocycles.